The fourth-order valence-electron chi connectivity index (χ4n) is 5.11. The van der Waals surface area contributed by atoms with E-state index in [0.717, 1.165) is 18.2 Å². The molecule has 14 nitrogen and oxygen atoms in total. The summed E-state index contributed by atoms with van der Waals surface area (Å²) in [4.78, 5) is 27.6. The Kier molecular flexibility index (Phi) is 9.32. The van der Waals surface area contributed by atoms with E-state index in [1.807, 2.05) is 0 Å². The molecule has 0 atom stereocenters. The Morgan fingerprint density at radius 3 is 1.57 bits per heavy atom. The monoisotopic (exact) mass is 736 g/mol. The van der Waals surface area contributed by atoms with Crippen molar-refractivity contribution in [2.24, 2.45) is 0 Å². The number of carboxylic acid groups (broad SMARTS) is 2. The number of aromatic amines is 2. The van der Waals surface area contributed by atoms with Gasteiger partial charge in [0.2, 0.25) is 21.0 Å². The van der Waals surface area contributed by atoms with Gasteiger partial charge in [-0.3, -0.25) is 0 Å². The molecule has 7 aromatic rings. The molecule has 51 heavy (non-hydrogen) atoms. The SMILES string of the molecule is O=C(O)c1ccc(Oc2ccc(-c3[nH+]c4cc(S(=O)(=O)c5ccc6oc(-c7cc(C(=O)O)cc(S(=O)(=O)[O-])c7)[nH+]c6c5)ccc4o3)cc2)cc1.[Na+]. The van der Waals surface area contributed by atoms with Gasteiger partial charge in [-0.25, -0.2) is 26.4 Å². The molecule has 0 aliphatic heterocycles. The van der Waals surface area contributed by atoms with Gasteiger partial charge in [-0.15, -0.1) is 0 Å². The number of hydrogen-bond acceptors (Lipinski definition) is 10. The second kappa shape index (κ2) is 13.4. The van der Waals surface area contributed by atoms with Gasteiger partial charge in [0.25, 0.3) is 11.0 Å². The van der Waals surface area contributed by atoms with Gasteiger partial charge in [-0.2, -0.15) is 9.97 Å². The average molecular weight is 737 g/mol. The Bertz CT molecular complexity index is 2720. The summed E-state index contributed by atoms with van der Waals surface area (Å²) in [5.74, 6) is -1.30. The minimum atomic E-state index is -5.00. The van der Waals surface area contributed by atoms with E-state index in [9.17, 15) is 36.1 Å². The van der Waals surface area contributed by atoms with Crippen molar-refractivity contribution in [3.8, 4) is 34.4 Å². The molecular weight excluding hydrogens is 716 g/mol. The average Bonchev–Trinajstić information content (AvgIpc) is 3.72. The standard InChI is InChI=1S/C34H20N2O12S2.Na/c37-33(38)19-3-7-23(8-4-19)46-22-5-1-18(2-6-22)31-35-27-16-24(9-11-29(27)47-31)49(41,42)25-10-12-30-28(17-25)36-32(48-30)20-13-21(34(39)40)15-26(14-20)50(43,44)45;/h1-17H,(H,37,38)(H,39,40)(H,43,44,45);/q;+1/p+1. The topological polar surface area (TPSA) is 230 Å². The maximum absolute atomic E-state index is 13.7. The van der Waals surface area contributed by atoms with Crippen LogP contribution in [0.25, 0.3) is 45.1 Å². The van der Waals surface area contributed by atoms with Crippen molar-refractivity contribution >= 4 is 54.1 Å². The molecule has 0 radical (unpaired) electrons. The van der Waals surface area contributed by atoms with Gasteiger partial charge in [0.15, 0.2) is 0 Å². The van der Waals surface area contributed by atoms with Crippen LogP contribution in [0.4, 0.5) is 0 Å². The fraction of sp³-hybridized carbons (Fsp3) is 0. The van der Waals surface area contributed by atoms with Gasteiger partial charge < -0.3 is 28.3 Å². The van der Waals surface area contributed by atoms with Gasteiger partial charge in [0.05, 0.1) is 36.9 Å². The fourth-order valence-corrected chi connectivity index (χ4v) is 6.97. The summed E-state index contributed by atoms with van der Waals surface area (Å²) in [6.07, 6.45) is 0. The van der Waals surface area contributed by atoms with Crippen LogP contribution in [0.1, 0.15) is 20.7 Å². The zero-order chi connectivity index (χ0) is 35.4. The number of carboxylic acids is 2. The van der Waals surface area contributed by atoms with Crippen LogP contribution in [-0.4, -0.2) is 43.5 Å². The predicted octanol–water partition coefficient (Wildman–Crippen LogP) is 2.07. The molecule has 7 rings (SSSR count). The Morgan fingerprint density at radius 1 is 0.588 bits per heavy atom. The number of rotatable bonds is 9. The third-order valence-corrected chi connectivity index (χ3v) is 10.2. The Balaban J connectivity index is 0.00000448. The molecule has 250 valence electrons. The van der Waals surface area contributed by atoms with Crippen LogP contribution < -0.4 is 44.3 Å². The number of aromatic carboxylic acids is 2. The summed E-state index contributed by atoms with van der Waals surface area (Å²) in [6, 6.07) is 24.0. The molecule has 0 fully saturated rings. The first-order chi connectivity index (χ1) is 23.7. The summed E-state index contributed by atoms with van der Waals surface area (Å²) in [7, 11) is -9.09. The minimum Gasteiger partial charge on any atom is -0.744 e. The maximum Gasteiger partial charge on any atom is 1.00 e. The molecule has 0 saturated carbocycles. The first-order valence-electron chi connectivity index (χ1n) is 14.4. The molecule has 0 aliphatic rings. The number of sulfone groups is 1. The Morgan fingerprint density at radius 2 is 1.08 bits per heavy atom. The van der Waals surface area contributed by atoms with E-state index in [2.05, 4.69) is 9.97 Å². The van der Waals surface area contributed by atoms with E-state index in [1.54, 1.807) is 36.4 Å². The quantitative estimate of drug-likeness (QED) is 0.160. The zero-order valence-corrected chi connectivity index (χ0v) is 29.7. The number of ether oxygens (including phenoxy) is 1. The van der Waals surface area contributed by atoms with Crippen LogP contribution in [0.3, 0.4) is 0 Å². The first-order valence-corrected chi connectivity index (χ1v) is 17.3. The zero-order valence-electron chi connectivity index (χ0n) is 26.1. The van der Waals surface area contributed by atoms with Crippen LogP contribution >= 0.6 is 0 Å². The van der Waals surface area contributed by atoms with E-state index in [4.69, 9.17) is 18.7 Å². The molecule has 2 aromatic heterocycles. The molecule has 0 aliphatic carbocycles. The summed E-state index contributed by atoms with van der Waals surface area (Å²) >= 11 is 0. The number of oxazole rings is 2. The van der Waals surface area contributed by atoms with Crippen LogP contribution in [0.2, 0.25) is 0 Å². The van der Waals surface area contributed by atoms with Crippen LogP contribution in [0.5, 0.6) is 11.5 Å². The molecule has 4 N–H and O–H groups in total. The number of carbonyl (C=O) groups is 2. The normalized spacial score (nSPS) is 11.7. The predicted molar refractivity (Wildman–Crippen MR) is 170 cm³/mol. The molecule has 0 bridgehead atoms. The van der Waals surface area contributed by atoms with Crippen molar-refractivity contribution in [3.63, 3.8) is 0 Å². The first kappa shape index (κ1) is 35.5. The van der Waals surface area contributed by atoms with Crippen LogP contribution in [0.15, 0.2) is 127 Å². The van der Waals surface area contributed by atoms with Gasteiger partial charge in [-0.1, -0.05) is 0 Å². The smallest absolute Gasteiger partial charge is 0.744 e. The molecule has 5 aromatic carbocycles. The largest absolute Gasteiger partial charge is 1.00 e. The summed E-state index contributed by atoms with van der Waals surface area (Å²) in [6.45, 7) is 0. The van der Waals surface area contributed by atoms with E-state index in [-0.39, 0.29) is 67.5 Å². The second-order valence-electron chi connectivity index (χ2n) is 10.9. The number of nitrogens with one attached hydrogen (secondary N) is 2. The molecule has 0 amide bonds. The molecule has 2 heterocycles. The maximum atomic E-state index is 13.7. The third kappa shape index (κ3) is 7.14. The van der Waals surface area contributed by atoms with Crippen LogP contribution in [-0.2, 0) is 20.0 Å². The van der Waals surface area contributed by atoms with Crippen molar-refractivity contribution in [2.45, 2.75) is 14.7 Å². The molecule has 0 unspecified atom stereocenters. The van der Waals surface area contributed by atoms with Crippen molar-refractivity contribution in [3.05, 3.63) is 114 Å². The number of H-pyrrole nitrogens is 2. The third-order valence-electron chi connectivity index (χ3n) is 7.60. The van der Waals surface area contributed by atoms with Crippen molar-refractivity contribution in [2.75, 3.05) is 0 Å². The molecular formula is C34H21N2NaO12S2+2. The van der Waals surface area contributed by atoms with E-state index < -0.39 is 42.4 Å². The Labute approximate surface area is 309 Å². The Hall–Kier alpha value is -5.36. The van der Waals surface area contributed by atoms with Gasteiger partial charge in [-0.05, 0) is 91.0 Å². The van der Waals surface area contributed by atoms with Crippen molar-refractivity contribution in [1.29, 1.82) is 0 Å². The summed E-state index contributed by atoms with van der Waals surface area (Å²) < 4.78 is 79.6. The van der Waals surface area contributed by atoms with Crippen molar-refractivity contribution < 1.29 is 94.3 Å². The molecule has 17 heteroatoms. The van der Waals surface area contributed by atoms with Gasteiger partial charge >= 0.3 is 53.3 Å². The van der Waals surface area contributed by atoms with Gasteiger partial charge in [0.1, 0.15) is 21.6 Å². The molecule has 0 spiro atoms. The number of aromatic nitrogens is 2. The van der Waals surface area contributed by atoms with Crippen LogP contribution in [0, 0.1) is 0 Å². The number of benzene rings is 5. The number of hydrogen-bond donors (Lipinski definition) is 2. The van der Waals surface area contributed by atoms with E-state index in [0.29, 0.717) is 34.1 Å². The van der Waals surface area contributed by atoms with E-state index >= 15 is 0 Å². The number of fused-ring (bicyclic) bond motifs is 2. The molecule has 0 saturated heterocycles. The summed E-state index contributed by atoms with van der Waals surface area (Å²) in [5, 5.41) is 18.4. The summed E-state index contributed by atoms with van der Waals surface area (Å²) in [5.41, 5.74) is 1.45. The van der Waals surface area contributed by atoms with Crippen molar-refractivity contribution in [1.82, 2.24) is 0 Å². The second-order valence-corrected chi connectivity index (χ2v) is 14.2. The van der Waals surface area contributed by atoms with E-state index in [1.165, 1.54) is 48.5 Å². The van der Waals surface area contributed by atoms with Gasteiger partial charge in [0, 0.05) is 12.1 Å². The minimum absolute atomic E-state index is 0.